The van der Waals surface area contributed by atoms with E-state index in [-0.39, 0.29) is 18.0 Å². The zero-order chi connectivity index (χ0) is 17.5. The van der Waals surface area contributed by atoms with Crippen LogP contribution in [0.5, 0.6) is 5.75 Å². The van der Waals surface area contributed by atoms with E-state index in [1.54, 1.807) is 18.3 Å². The van der Waals surface area contributed by atoms with Gasteiger partial charge in [-0.2, -0.15) is 0 Å². The number of para-hydroxylation sites is 1. The van der Waals surface area contributed by atoms with Gasteiger partial charge in [0.05, 0.1) is 0 Å². The van der Waals surface area contributed by atoms with Crippen molar-refractivity contribution in [3.8, 4) is 5.75 Å². The first-order valence-corrected chi connectivity index (χ1v) is 8.56. The molecule has 1 aromatic carbocycles. The number of aromatic nitrogens is 1. The fraction of sp³-hybridized carbons (Fsp3) is 0.368. The van der Waals surface area contributed by atoms with Crippen LogP contribution in [0, 0.1) is 0 Å². The van der Waals surface area contributed by atoms with Crippen LogP contribution in [0.4, 0.5) is 0 Å². The molecule has 0 atom stereocenters. The molecule has 2 heterocycles. The minimum Gasteiger partial charge on any atom is -0.492 e. The zero-order valence-electron chi connectivity index (χ0n) is 14.2. The van der Waals surface area contributed by atoms with Crippen LogP contribution in [0.25, 0.3) is 0 Å². The molecule has 1 aliphatic heterocycles. The van der Waals surface area contributed by atoms with E-state index in [2.05, 4.69) is 4.90 Å². The second-order valence-corrected chi connectivity index (χ2v) is 6.05. The predicted molar refractivity (Wildman–Crippen MR) is 95.7 cm³/mol. The summed E-state index contributed by atoms with van der Waals surface area (Å²) in [6, 6.07) is 14.7. The van der Waals surface area contributed by atoms with Gasteiger partial charge in [0, 0.05) is 45.0 Å². The van der Waals surface area contributed by atoms with Crippen molar-refractivity contribution in [1.29, 1.82) is 0 Å². The van der Waals surface area contributed by atoms with Crippen molar-refractivity contribution in [2.24, 2.45) is 0 Å². The number of hydrogen-bond acceptors (Lipinski definition) is 4. The first kappa shape index (κ1) is 17.2. The summed E-state index contributed by atoms with van der Waals surface area (Å²) in [7, 11) is 0. The van der Waals surface area contributed by atoms with E-state index in [1.807, 2.05) is 35.2 Å². The number of hydrogen-bond donors (Lipinski definition) is 0. The molecular formula is C19H23N3O3. The maximum Gasteiger partial charge on any atom is 0.250 e. The molecule has 0 aliphatic carbocycles. The molecule has 3 rings (SSSR count). The SMILES string of the molecule is O=C(Cn1ccccc1=O)N1CCN(CCOc2ccccc2)CC1. The standard InChI is InChI=1S/C19H23N3O3/c23-18-8-4-5-9-22(18)16-19(24)21-12-10-20(11-13-21)14-15-25-17-6-2-1-3-7-17/h1-9H,10-16H2. The molecule has 2 aromatic rings. The van der Waals surface area contributed by atoms with Gasteiger partial charge in [0.25, 0.3) is 5.56 Å². The van der Waals surface area contributed by atoms with Crippen molar-refractivity contribution in [2.45, 2.75) is 6.54 Å². The molecule has 1 amide bonds. The van der Waals surface area contributed by atoms with Crippen LogP contribution in [0.3, 0.4) is 0 Å². The molecule has 0 N–H and O–H groups in total. The third kappa shape index (κ3) is 4.93. The van der Waals surface area contributed by atoms with Crippen LogP contribution in [-0.4, -0.2) is 59.6 Å². The van der Waals surface area contributed by atoms with Gasteiger partial charge in [-0.1, -0.05) is 24.3 Å². The Labute approximate surface area is 147 Å². The Morgan fingerprint density at radius 2 is 1.68 bits per heavy atom. The largest absolute Gasteiger partial charge is 0.492 e. The molecule has 25 heavy (non-hydrogen) atoms. The molecule has 1 fully saturated rings. The van der Waals surface area contributed by atoms with Crippen LogP contribution >= 0.6 is 0 Å². The summed E-state index contributed by atoms with van der Waals surface area (Å²) in [6.45, 7) is 4.61. The van der Waals surface area contributed by atoms with Gasteiger partial charge in [-0.15, -0.1) is 0 Å². The zero-order valence-corrected chi connectivity index (χ0v) is 14.2. The number of carbonyl (C=O) groups is 1. The van der Waals surface area contributed by atoms with E-state index >= 15 is 0 Å². The lowest BCUT2D eigenvalue weighted by atomic mass is 10.3. The summed E-state index contributed by atoms with van der Waals surface area (Å²) >= 11 is 0. The van der Waals surface area contributed by atoms with Crippen LogP contribution in [0.15, 0.2) is 59.5 Å². The average molecular weight is 341 g/mol. The number of benzene rings is 1. The number of amides is 1. The third-order valence-electron chi connectivity index (χ3n) is 4.35. The molecule has 0 unspecified atom stereocenters. The highest BCUT2D eigenvalue weighted by Gasteiger charge is 2.21. The number of piperazine rings is 1. The Balaban J connectivity index is 1.40. The van der Waals surface area contributed by atoms with E-state index in [0.717, 1.165) is 25.4 Å². The van der Waals surface area contributed by atoms with Crippen LogP contribution < -0.4 is 10.3 Å². The summed E-state index contributed by atoms with van der Waals surface area (Å²) in [5.74, 6) is 0.873. The molecule has 1 saturated heterocycles. The molecule has 0 radical (unpaired) electrons. The molecule has 6 heteroatoms. The van der Waals surface area contributed by atoms with E-state index in [0.29, 0.717) is 19.7 Å². The van der Waals surface area contributed by atoms with E-state index < -0.39 is 0 Å². The number of nitrogens with zero attached hydrogens (tertiary/aromatic N) is 3. The molecule has 6 nitrogen and oxygen atoms in total. The monoisotopic (exact) mass is 341 g/mol. The highest BCUT2D eigenvalue weighted by Crippen LogP contribution is 2.09. The van der Waals surface area contributed by atoms with Gasteiger partial charge in [0.1, 0.15) is 18.9 Å². The number of ether oxygens (including phenoxy) is 1. The number of pyridine rings is 1. The van der Waals surface area contributed by atoms with Crippen LogP contribution in [-0.2, 0) is 11.3 Å². The molecule has 0 spiro atoms. The van der Waals surface area contributed by atoms with Gasteiger partial charge in [0.2, 0.25) is 5.91 Å². The lowest BCUT2D eigenvalue weighted by Gasteiger charge is -2.34. The fourth-order valence-corrected chi connectivity index (χ4v) is 2.87. The van der Waals surface area contributed by atoms with Crippen molar-refractivity contribution in [3.05, 3.63) is 65.1 Å². The summed E-state index contributed by atoms with van der Waals surface area (Å²) in [4.78, 5) is 28.2. The Bertz CT molecular complexity index is 737. The van der Waals surface area contributed by atoms with Crippen molar-refractivity contribution in [2.75, 3.05) is 39.3 Å². The molecule has 1 aromatic heterocycles. The molecule has 0 saturated carbocycles. The van der Waals surface area contributed by atoms with Crippen molar-refractivity contribution in [3.63, 3.8) is 0 Å². The van der Waals surface area contributed by atoms with Gasteiger partial charge >= 0.3 is 0 Å². The third-order valence-corrected chi connectivity index (χ3v) is 4.35. The van der Waals surface area contributed by atoms with Crippen molar-refractivity contribution < 1.29 is 9.53 Å². The Kier molecular flexibility index (Phi) is 5.85. The maximum atomic E-state index is 12.3. The Hall–Kier alpha value is -2.60. The maximum absolute atomic E-state index is 12.3. The summed E-state index contributed by atoms with van der Waals surface area (Å²) in [6.07, 6.45) is 1.65. The molecule has 132 valence electrons. The number of carbonyl (C=O) groups excluding carboxylic acids is 1. The average Bonchev–Trinajstić information content (AvgIpc) is 2.65. The Morgan fingerprint density at radius 3 is 2.40 bits per heavy atom. The normalized spacial score (nSPS) is 15.1. The number of rotatable bonds is 6. The van der Waals surface area contributed by atoms with E-state index in [4.69, 9.17) is 4.74 Å². The van der Waals surface area contributed by atoms with Gasteiger partial charge in [-0.05, 0) is 18.2 Å². The molecule has 1 aliphatic rings. The smallest absolute Gasteiger partial charge is 0.250 e. The first-order valence-electron chi connectivity index (χ1n) is 8.56. The molecular weight excluding hydrogens is 318 g/mol. The minimum absolute atomic E-state index is 0.00603. The van der Waals surface area contributed by atoms with Gasteiger partial charge < -0.3 is 14.2 Å². The quantitative estimate of drug-likeness (QED) is 0.789. The van der Waals surface area contributed by atoms with Crippen LogP contribution in [0.1, 0.15) is 0 Å². The minimum atomic E-state index is -0.146. The van der Waals surface area contributed by atoms with Gasteiger partial charge in [-0.25, -0.2) is 0 Å². The second kappa shape index (κ2) is 8.48. The highest BCUT2D eigenvalue weighted by atomic mass is 16.5. The van der Waals surface area contributed by atoms with Gasteiger partial charge in [0.15, 0.2) is 0 Å². The fourth-order valence-electron chi connectivity index (χ4n) is 2.87. The van der Waals surface area contributed by atoms with Crippen molar-refractivity contribution in [1.82, 2.24) is 14.4 Å². The van der Waals surface area contributed by atoms with Gasteiger partial charge in [-0.3, -0.25) is 14.5 Å². The van der Waals surface area contributed by atoms with E-state index in [9.17, 15) is 9.59 Å². The van der Waals surface area contributed by atoms with E-state index in [1.165, 1.54) is 10.6 Å². The second-order valence-electron chi connectivity index (χ2n) is 6.05. The lowest BCUT2D eigenvalue weighted by Crippen LogP contribution is -2.50. The highest BCUT2D eigenvalue weighted by molar-refractivity contribution is 5.76. The van der Waals surface area contributed by atoms with Crippen LogP contribution in [0.2, 0.25) is 0 Å². The topological polar surface area (TPSA) is 54.8 Å². The Morgan fingerprint density at radius 1 is 0.960 bits per heavy atom. The predicted octanol–water partition coefficient (Wildman–Crippen LogP) is 1.07. The molecule has 0 bridgehead atoms. The van der Waals surface area contributed by atoms with Crippen molar-refractivity contribution >= 4 is 5.91 Å². The summed E-state index contributed by atoms with van der Waals surface area (Å²) in [5.41, 5.74) is -0.146. The lowest BCUT2D eigenvalue weighted by molar-refractivity contribution is -0.133. The first-order chi connectivity index (χ1) is 12.2. The summed E-state index contributed by atoms with van der Waals surface area (Å²) < 4.78 is 7.16. The summed E-state index contributed by atoms with van der Waals surface area (Å²) in [5, 5.41) is 0.